The van der Waals surface area contributed by atoms with E-state index in [0.29, 0.717) is 22.8 Å². The van der Waals surface area contributed by atoms with Crippen molar-refractivity contribution in [3.63, 3.8) is 0 Å². The molecule has 0 radical (unpaired) electrons. The standard InChI is InChI=1S/C16H24ClN3O2/c1-12-11-22-8-7-20(12)14-3-5-19(6-4-14)16(21)15-9-13(17)10-18(15)2/h9-10,12,14H,3-8,11H2,1-2H3. The Bertz CT molecular complexity index is 537. The minimum atomic E-state index is 0.0860. The van der Waals surface area contributed by atoms with Crippen molar-refractivity contribution in [1.29, 1.82) is 0 Å². The Morgan fingerprint density at radius 1 is 1.32 bits per heavy atom. The van der Waals surface area contributed by atoms with Crippen LogP contribution in [0.2, 0.25) is 5.02 Å². The van der Waals surface area contributed by atoms with E-state index in [4.69, 9.17) is 16.3 Å². The van der Waals surface area contributed by atoms with Crippen molar-refractivity contribution in [1.82, 2.24) is 14.4 Å². The van der Waals surface area contributed by atoms with E-state index >= 15 is 0 Å². The lowest BCUT2D eigenvalue weighted by Crippen LogP contribution is -2.53. The van der Waals surface area contributed by atoms with Gasteiger partial charge >= 0.3 is 0 Å². The highest BCUT2D eigenvalue weighted by atomic mass is 35.5. The molecule has 3 rings (SSSR count). The molecule has 5 nitrogen and oxygen atoms in total. The Morgan fingerprint density at radius 2 is 2.05 bits per heavy atom. The largest absolute Gasteiger partial charge is 0.379 e. The van der Waals surface area contributed by atoms with Crippen LogP contribution in [0.4, 0.5) is 0 Å². The number of piperidine rings is 1. The molecule has 1 unspecified atom stereocenters. The molecule has 2 saturated heterocycles. The molecule has 0 N–H and O–H groups in total. The van der Waals surface area contributed by atoms with Crippen molar-refractivity contribution < 1.29 is 9.53 Å². The van der Waals surface area contributed by atoms with Gasteiger partial charge in [-0.1, -0.05) is 11.6 Å². The Labute approximate surface area is 136 Å². The summed E-state index contributed by atoms with van der Waals surface area (Å²) in [6, 6.07) is 2.80. The summed E-state index contributed by atoms with van der Waals surface area (Å²) in [7, 11) is 1.86. The highest BCUT2D eigenvalue weighted by Crippen LogP contribution is 2.23. The lowest BCUT2D eigenvalue weighted by atomic mass is 10.0. The number of hydrogen-bond acceptors (Lipinski definition) is 3. The predicted molar refractivity (Wildman–Crippen MR) is 86.3 cm³/mol. The number of aryl methyl sites for hydroxylation is 1. The van der Waals surface area contributed by atoms with E-state index in [0.717, 1.165) is 45.7 Å². The Morgan fingerprint density at radius 3 is 2.64 bits per heavy atom. The fourth-order valence-corrected chi connectivity index (χ4v) is 3.83. The summed E-state index contributed by atoms with van der Waals surface area (Å²) in [6.45, 7) is 6.51. The number of aromatic nitrogens is 1. The molecule has 2 aliphatic heterocycles. The van der Waals surface area contributed by atoms with Crippen LogP contribution in [-0.2, 0) is 11.8 Å². The molecule has 1 atom stereocenters. The molecule has 122 valence electrons. The summed E-state index contributed by atoms with van der Waals surface area (Å²) in [5, 5.41) is 0.614. The topological polar surface area (TPSA) is 37.7 Å². The first-order valence-electron chi connectivity index (χ1n) is 8.01. The fraction of sp³-hybridized carbons (Fsp3) is 0.688. The Balaban J connectivity index is 1.59. The van der Waals surface area contributed by atoms with Gasteiger partial charge in [-0.3, -0.25) is 9.69 Å². The SMILES string of the molecule is CC1COCCN1C1CCN(C(=O)c2cc(Cl)cn2C)CC1. The van der Waals surface area contributed by atoms with Crippen molar-refractivity contribution in [2.75, 3.05) is 32.8 Å². The van der Waals surface area contributed by atoms with Gasteiger partial charge in [-0.25, -0.2) is 0 Å². The molecular weight excluding hydrogens is 302 g/mol. The first-order valence-corrected chi connectivity index (χ1v) is 8.38. The summed E-state index contributed by atoms with van der Waals surface area (Å²) < 4.78 is 7.32. The maximum atomic E-state index is 12.6. The van der Waals surface area contributed by atoms with Crippen molar-refractivity contribution in [3.8, 4) is 0 Å². The molecule has 0 bridgehead atoms. The Kier molecular flexibility index (Phi) is 4.76. The number of amides is 1. The molecule has 6 heteroatoms. The number of likely N-dealkylation sites (tertiary alicyclic amines) is 1. The monoisotopic (exact) mass is 325 g/mol. The van der Waals surface area contributed by atoms with E-state index in [-0.39, 0.29) is 5.91 Å². The molecule has 3 heterocycles. The first kappa shape index (κ1) is 15.8. The van der Waals surface area contributed by atoms with E-state index < -0.39 is 0 Å². The van der Waals surface area contributed by atoms with Crippen LogP contribution in [-0.4, -0.2) is 65.2 Å². The number of ether oxygens (including phenoxy) is 1. The molecule has 0 aliphatic carbocycles. The van der Waals surface area contributed by atoms with Crippen molar-refractivity contribution in [2.24, 2.45) is 7.05 Å². The van der Waals surface area contributed by atoms with Crippen LogP contribution in [0.25, 0.3) is 0 Å². The van der Waals surface area contributed by atoms with Gasteiger partial charge in [0, 0.05) is 45.0 Å². The van der Waals surface area contributed by atoms with E-state index in [1.165, 1.54) is 0 Å². The first-order chi connectivity index (χ1) is 10.6. The van der Waals surface area contributed by atoms with Gasteiger partial charge < -0.3 is 14.2 Å². The smallest absolute Gasteiger partial charge is 0.270 e. The summed E-state index contributed by atoms with van der Waals surface area (Å²) in [6.07, 6.45) is 3.85. The van der Waals surface area contributed by atoms with E-state index in [1.54, 1.807) is 16.8 Å². The van der Waals surface area contributed by atoms with Crippen molar-refractivity contribution >= 4 is 17.5 Å². The molecule has 2 aliphatic rings. The third-order valence-corrected chi connectivity index (χ3v) is 5.04. The number of nitrogens with zero attached hydrogens (tertiary/aromatic N) is 3. The number of hydrogen-bond donors (Lipinski definition) is 0. The summed E-state index contributed by atoms with van der Waals surface area (Å²) in [5.41, 5.74) is 0.670. The van der Waals surface area contributed by atoms with Crippen LogP contribution < -0.4 is 0 Å². The van der Waals surface area contributed by atoms with Crippen molar-refractivity contribution in [2.45, 2.75) is 31.8 Å². The second-order valence-electron chi connectivity index (χ2n) is 6.34. The highest BCUT2D eigenvalue weighted by Gasteiger charge is 2.31. The average molecular weight is 326 g/mol. The second-order valence-corrected chi connectivity index (χ2v) is 6.78. The normalized spacial score (nSPS) is 24.7. The van der Waals surface area contributed by atoms with Crippen molar-refractivity contribution in [3.05, 3.63) is 23.0 Å². The quantitative estimate of drug-likeness (QED) is 0.834. The van der Waals surface area contributed by atoms with Gasteiger partial charge in [-0.15, -0.1) is 0 Å². The lowest BCUT2D eigenvalue weighted by molar-refractivity contribution is -0.0335. The maximum Gasteiger partial charge on any atom is 0.270 e. The van der Waals surface area contributed by atoms with Gasteiger partial charge in [0.2, 0.25) is 0 Å². The molecule has 0 aromatic carbocycles. The average Bonchev–Trinajstić information content (AvgIpc) is 2.86. The van der Waals surface area contributed by atoms with Crippen LogP contribution in [0.5, 0.6) is 0 Å². The summed E-state index contributed by atoms with van der Waals surface area (Å²) in [4.78, 5) is 17.1. The number of carbonyl (C=O) groups excluding carboxylic acids is 1. The molecule has 1 aromatic heterocycles. The van der Waals surface area contributed by atoms with E-state index in [2.05, 4.69) is 11.8 Å². The summed E-state index contributed by atoms with van der Waals surface area (Å²) >= 11 is 5.98. The van der Waals surface area contributed by atoms with E-state index in [1.807, 2.05) is 11.9 Å². The molecule has 0 saturated carbocycles. The minimum Gasteiger partial charge on any atom is -0.379 e. The van der Waals surface area contributed by atoms with Crippen LogP contribution >= 0.6 is 11.6 Å². The van der Waals surface area contributed by atoms with Crippen LogP contribution in [0.1, 0.15) is 30.3 Å². The Hall–Kier alpha value is -1.04. The minimum absolute atomic E-state index is 0.0860. The number of morpholine rings is 1. The molecule has 2 fully saturated rings. The fourth-order valence-electron chi connectivity index (χ4n) is 3.58. The van der Waals surface area contributed by atoms with Crippen LogP contribution in [0.3, 0.4) is 0 Å². The number of rotatable bonds is 2. The van der Waals surface area contributed by atoms with E-state index in [9.17, 15) is 4.79 Å². The molecule has 22 heavy (non-hydrogen) atoms. The highest BCUT2D eigenvalue weighted by molar-refractivity contribution is 6.31. The van der Waals surface area contributed by atoms with Gasteiger partial charge in [0.25, 0.3) is 5.91 Å². The number of carbonyl (C=O) groups is 1. The molecule has 1 aromatic rings. The van der Waals surface area contributed by atoms with Crippen LogP contribution in [0.15, 0.2) is 12.3 Å². The molecular formula is C16H24ClN3O2. The predicted octanol–water partition coefficient (Wildman–Crippen LogP) is 2.00. The van der Waals surface area contributed by atoms with Gasteiger partial charge in [0.15, 0.2) is 0 Å². The second kappa shape index (κ2) is 6.60. The number of halogens is 1. The zero-order chi connectivity index (χ0) is 15.7. The molecule has 1 amide bonds. The molecule has 0 spiro atoms. The van der Waals surface area contributed by atoms with Gasteiger partial charge in [-0.05, 0) is 25.8 Å². The zero-order valence-electron chi connectivity index (χ0n) is 13.3. The third-order valence-electron chi connectivity index (χ3n) is 4.83. The van der Waals surface area contributed by atoms with Gasteiger partial charge in [-0.2, -0.15) is 0 Å². The maximum absolute atomic E-state index is 12.6. The van der Waals surface area contributed by atoms with Gasteiger partial charge in [0.1, 0.15) is 5.69 Å². The zero-order valence-corrected chi connectivity index (χ0v) is 14.1. The van der Waals surface area contributed by atoms with Crippen LogP contribution in [0, 0.1) is 0 Å². The third kappa shape index (κ3) is 3.16. The lowest BCUT2D eigenvalue weighted by Gasteiger charge is -2.43. The summed E-state index contributed by atoms with van der Waals surface area (Å²) in [5.74, 6) is 0.0860. The van der Waals surface area contributed by atoms with Gasteiger partial charge in [0.05, 0.1) is 18.2 Å².